The predicted molar refractivity (Wildman–Crippen MR) is 83.1 cm³/mol. The Bertz CT molecular complexity index is 550. The van der Waals surface area contributed by atoms with Crippen molar-refractivity contribution >= 4 is 21.8 Å². The van der Waals surface area contributed by atoms with Gasteiger partial charge >= 0.3 is 0 Å². The molecule has 1 aromatic rings. The molecular formula is C15H19BrN2O3. The molecule has 3 rings (SSSR count). The van der Waals surface area contributed by atoms with Gasteiger partial charge in [0.2, 0.25) is 0 Å². The minimum absolute atomic E-state index is 0.0757. The van der Waals surface area contributed by atoms with E-state index in [1.54, 1.807) is 12.1 Å². The Morgan fingerprint density at radius 1 is 1.38 bits per heavy atom. The summed E-state index contributed by atoms with van der Waals surface area (Å²) in [4.78, 5) is 12.4. The normalized spacial score (nSPS) is 24.5. The number of rotatable bonds is 2. The largest absolute Gasteiger partial charge is 0.486 e. The quantitative estimate of drug-likeness (QED) is 0.853. The molecule has 0 spiro atoms. The van der Waals surface area contributed by atoms with Crippen molar-refractivity contribution in [3.8, 4) is 11.5 Å². The lowest BCUT2D eigenvalue weighted by atomic mass is 9.99. The monoisotopic (exact) mass is 354 g/mol. The smallest absolute Gasteiger partial charge is 0.251 e. The molecule has 0 bridgehead atoms. The highest BCUT2D eigenvalue weighted by molar-refractivity contribution is 9.10. The van der Waals surface area contributed by atoms with E-state index in [9.17, 15) is 4.79 Å². The Morgan fingerprint density at radius 2 is 2.19 bits per heavy atom. The van der Waals surface area contributed by atoms with Gasteiger partial charge in [-0.15, -0.1) is 0 Å². The molecule has 1 aromatic carbocycles. The highest BCUT2D eigenvalue weighted by atomic mass is 79.9. The molecule has 114 valence electrons. The molecule has 0 aliphatic carbocycles. The molecule has 2 aliphatic rings. The number of nitrogens with one attached hydrogen (secondary N) is 2. The van der Waals surface area contributed by atoms with Crippen molar-refractivity contribution in [3.63, 3.8) is 0 Å². The fourth-order valence-corrected chi connectivity index (χ4v) is 3.29. The van der Waals surface area contributed by atoms with Crippen LogP contribution in [0.5, 0.6) is 11.5 Å². The highest BCUT2D eigenvalue weighted by Crippen LogP contribution is 2.38. The number of hydrogen-bond donors (Lipinski definition) is 2. The second-order valence-electron chi connectivity index (χ2n) is 5.45. The summed E-state index contributed by atoms with van der Waals surface area (Å²) in [7, 11) is 0. The van der Waals surface area contributed by atoms with Gasteiger partial charge in [-0.05, 0) is 54.4 Å². The van der Waals surface area contributed by atoms with E-state index in [1.165, 1.54) is 0 Å². The van der Waals surface area contributed by atoms with Gasteiger partial charge in [-0.25, -0.2) is 0 Å². The second kappa shape index (κ2) is 6.23. The van der Waals surface area contributed by atoms with Crippen LogP contribution in [0.15, 0.2) is 16.6 Å². The third-order valence-electron chi connectivity index (χ3n) is 3.94. The first kappa shape index (κ1) is 14.7. The van der Waals surface area contributed by atoms with Crippen molar-refractivity contribution in [2.24, 2.45) is 0 Å². The predicted octanol–water partition coefficient (Wildman–Crippen LogP) is 2.09. The Labute approximate surface area is 132 Å². The number of carbonyl (C=O) groups is 1. The maximum Gasteiger partial charge on any atom is 0.251 e. The molecule has 2 heterocycles. The SMILES string of the molecule is CC1NCCCC1NC(=O)c1cc(Br)c2c(c1)OCCO2. The van der Waals surface area contributed by atoms with Crippen molar-refractivity contribution < 1.29 is 14.3 Å². The lowest BCUT2D eigenvalue weighted by Crippen LogP contribution is -2.51. The topological polar surface area (TPSA) is 59.6 Å². The molecule has 2 unspecified atom stereocenters. The lowest BCUT2D eigenvalue weighted by Gasteiger charge is -2.30. The number of halogens is 1. The average molecular weight is 355 g/mol. The number of piperidine rings is 1. The fourth-order valence-electron chi connectivity index (χ4n) is 2.73. The third kappa shape index (κ3) is 3.16. The van der Waals surface area contributed by atoms with Crippen LogP contribution in [0.2, 0.25) is 0 Å². The Morgan fingerprint density at radius 3 is 3.00 bits per heavy atom. The van der Waals surface area contributed by atoms with E-state index in [1.807, 2.05) is 0 Å². The maximum absolute atomic E-state index is 12.4. The zero-order chi connectivity index (χ0) is 14.8. The molecule has 2 atom stereocenters. The summed E-state index contributed by atoms with van der Waals surface area (Å²) in [5.74, 6) is 1.22. The molecule has 5 nitrogen and oxygen atoms in total. The molecule has 1 amide bonds. The van der Waals surface area contributed by atoms with Crippen molar-refractivity contribution in [3.05, 3.63) is 22.2 Å². The van der Waals surface area contributed by atoms with E-state index < -0.39 is 0 Å². The van der Waals surface area contributed by atoms with E-state index >= 15 is 0 Å². The van der Waals surface area contributed by atoms with Gasteiger partial charge in [0.15, 0.2) is 11.5 Å². The molecule has 6 heteroatoms. The summed E-state index contributed by atoms with van der Waals surface area (Å²) < 4.78 is 11.9. The molecule has 1 saturated heterocycles. The van der Waals surface area contributed by atoms with Crippen LogP contribution in [0.25, 0.3) is 0 Å². The minimum atomic E-state index is -0.0757. The highest BCUT2D eigenvalue weighted by Gasteiger charge is 2.24. The van der Waals surface area contributed by atoms with Crippen molar-refractivity contribution in [1.29, 1.82) is 0 Å². The van der Waals surface area contributed by atoms with Crippen LogP contribution >= 0.6 is 15.9 Å². The summed E-state index contributed by atoms with van der Waals surface area (Å²) in [6.07, 6.45) is 2.09. The van der Waals surface area contributed by atoms with Gasteiger partial charge in [-0.2, -0.15) is 0 Å². The number of fused-ring (bicyclic) bond motifs is 1. The van der Waals surface area contributed by atoms with E-state index in [4.69, 9.17) is 9.47 Å². The Balaban J connectivity index is 1.76. The molecule has 2 N–H and O–H groups in total. The van der Waals surface area contributed by atoms with Gasteiger partial charge in [-0.1, -0.05) is 0 Å². The Kier molecular flexibility index (Phi) is 4.35. The first-order valence-electron chi connectivity index (χ1n) is 7.28. The van der Waals surface area contributed by atoms with Crippen LogP contribution in [-0.2, 0) is 0 Å². The Hall–Kier alpha value is -1.27. The third-order valence-corrected chi connectivity index (χ3v) is 4.53. The van der Waals surface area contributed by atoms with Gasteiger partial charge in [0.1, 0.15) is 13.2 Å². The molecular weight excluding hydrogens is 336 g/mol. The molecule has 21 heavy (non-hydrogen) atoms. The van der Waals surface area contributed by atoms with Crippen LogP contribution in [0.3, 0.4) is 0 Å². The van der Waals surface area contributed by atoms with Crippen molar-refractivity contribution in [2.75, 3.05) is 19.8 Å². The van der Waals surface area contributed by atoms with Crippen LogP contribution in [-0.4, -0.2) is 37.7 Å². The average Bonchev–Trinajstić information content (AvgIpc) is 2.49. The number of ether oxygens (including phenoxy) is 2. The molecule has 2 aliphatic heterocycles. The van der Waals surface area contributed by atoms with Gasteiger partial charge < -0.3 is 20.1 Å². The van der Waals surface area contributed by atoms with E-state index in [0.29, 0.717) is 36.3 Å². The molecule has 1 fully saturated rings. The van der Waals surface area contributed by atoms with E-state index in [-0.39, 0.29) is 11.9 Å². The number of benzene rings is 1. The van der Waals surface area contributed by atoms with Gasteiger partial charge in [0.25, 0.3) is 5.91 Å². The molecule has 0 saturated carbocycles. The van der Waals surface area contributed by atoms with Gasteiger partial charge in [-0.3, -0.25) is 4.79 Å². The summed E-state index contributed by atoms with van der Waals surface area (Å²) in [5, 5.41) is 6.48. The molecule has 0 aromatic heterocycles. The fraction of sp³-hybridized carbons (Fsp3) is 0.533. The number of amides is 1. The standard InChI is InChI=1S/C15H19BrN2O3/c1-9-12(3-2-4-17-9)18-15(19)10-7-11(16)14-13(8-10)20-5-6-21-14/h7-9,12,17H,2-6H2,1H3,(H,18,19). The van der Waals surface area contributed by atoms with Crippen LogP contribution in [0.4, 0.5) is 0 Å². The van der Waals surface area contributed by atoms with Gasteiger partial charge in [0, 0.05) is 17.6 Å². The van der Waals surface area contributed by atoms with Gasteiger partial charge in [0.05, 0.1) is 4.47 Å². The first-order chi connectivity index (χ1) is 10.1. The summed E-state index contributed by atoms with van der Waals surface area (Å²) in [5.41, 5.74) is 0.587. The number of carbonyl (C=O) groups excluding carboxylic acids is 1. The maximum atomic E-state index is 12.4. The van der Waals surface area contributed by atoms with Crippen LogP contribution < -0.4 is 20.1 Å². The van der Waals surface area contributed by atoms with Crippen molar-refractivity contribution in [1.82, 2.24) is 10.6 Å². The van der Waals surface area contributed by atoms with Crippen LogP contribution in [0.1, 0.15) is 30.1 Å². The zero-order valence-corrected chi connectivity index (χ0v) is 13.5. The summed E-state index contributed by atoms with van der Waals surface area (Å²) >= 11 is 3.44. The molecule has 0 radical (unpaired) electrons. The summed E-state index contributed by atoms with van der Waals surface area (Å²) in [6.45, 7) is 4.16. The lowest BCUT2D eigenvalue weighted by molar-refractivity contribution is 0.0918. The zero-order valence-electron chi connectivity index (χ0n) is 11.9. The first-order valence-corrected chi connectivity index (χ1v) is 8.08. The minimum Gasteiger partial charge on any atom is -0.486 e. The van der Waals surface area contributed by atoms with E-state index in [2.05, 4.69) is 33.5 Å². The van der Waals surface area contributed by atoms with Crippen LogP contribution in [0, 0.1) is 0 Å². The second-order valence-corrected chi connectivity index (χ2v) is 6.30. The van der Waals surface area contributed by atoms with Crippen molar-refractivity contribution in [2.45, 2.75) is 31.8 Å². The summed E-state index contributed by atoms with van der Waals surface area (Å²) in [6, 6.07) is 3.99. The number of hydrogen-bond acceptors (Lipinski definition) is 4. The van der Waals surface area contributed by atoms with E-state index in [0.717, 1.165) is 23.9 Å².